The summed E-state index contributed by atoms with van der Waals surface area (Å²) in [7, 11) is 0. The van der Waals surface area contributed by atoms with E-state index in [1.54, 1.807) is 12.1 Å². The van der Waals surface area contributed by atoms with E-state index in [9.17, 15) is 13.6 Å². The molecule has 0 radical (unpaired) electrons. The van der Waals surface area contributed by atoms with Crippen LogP contribution in [0.5, 0.6) is 0 Å². The highest BCUT2D eigenvalue weighted by atomic mass is 35.5. The molecule has 0 atom stereocenters. The van der Waals surface area contributed by atoms with E-state index in [1.165, 1.54) is 12.1 Å². The van der Waals surface area contributed by atoms with Crippen LogP contribution in [0.3, 0.4) is 0 Å². The zero-order valence-corrected chi connectivity index (χ0v) is 11.5. The fourth-order valence-corrected chi connectivity index (χ4v) is 2.56. The van der Waals surface area contributed by atoms with Gasteiger partial charge < -0.3 is 5.32 Å². The van der Waals surface area contributed by atoms with E-state index >= 15 is 0 Å². The number of carbonyl (C=O) groups is 1. The molecule has 0 aliphatic rings. The number of thioether (sulfide) groups is 1. The van der Waals surface area contributed by atoms with Gasteiger partial charge in [0, 0.05) is 4.90 Å². The molecule has 0 bridgehead atoms. The Hall–Kier alpha value is -1.25. The van der Waals surface area contributed by atoms with Crippen molar-refractivity contribution in [2.75, 3.05) is 5.32 Å². The second kappa shape index (κ2) is 6.27. The van der Waals surface area contributed by atoms with Crippen LogP contribution in [-0.2, 0) is 0 Å². The Morgan fingerprint density at radius 3 is 2.74 bits per heavy atom. The lowest BCUT2D eigenvalue weighted by molar-refractivity contribution is 0.102. The van der Waals surface area contributed by atoms with Gasteiger partial charge >= 0.3 is 0 Å². The van der Waals surface area contributed by atoms with E-state index in [1.807, 2.05) is 0 Å². The number of hydrogen-bond donors (Lipinski definition) is 1. The summed E-state index contributed by atoms with van der Waals surface area (Å²) < 4.78 is 24.9. The molecule has 2 rings (SSSR count). The quantitative estimate of drug-likeness (QED) is 0.871. The maximum absolute atomic E-state index is 12.4. The first-order chi connectivity index (χ1) is 9.06. The van der Waals surface area contributed by atoms with Crippen molar-refractivity contribution in [3.8, 4) is 0 Å². The molecule has 0 unspecified atom stereocenters. The van der Waals surface area contributed by atoms with E-state index in [4.69, 9.17) is 11.6 Å². The molecule has 4 nitrogen and oxygen atoms in total. The Bertz CT molecular complexity index is 594. The molecule has 9 heteroatoms. The minimum atomic E-state index is -2.56. The van der Waals surface area contributed by atoms with Gasteiger partial charge in [-0.15, -0.1) is 10.2 Å². The van der Waals surface area contributed by atoms with Crippen LogP contribution in [0.15, 0.2) is 29.2 Å². The first-order valence-corrected chi connectivity index (χ1v) is 6.98. The van der Waals surface area contributed by atoms with Crippen LogP contribution in [0.2, 0.25) is 4.47 Å². The molecule has 0 saturated carbocycles. The highest BCUT2D eigenvalue weighted by Gasteiger charge is 2.15. The van der Waals surface area contributed by atoms with Gasteiger partial charge in [0.25, 0.3) is 11.7 Å². The highest BCUT2D eigenvalue weighted by molar-refractivity contribution is 7.99. The van der Waals surface area contributed by atoms with E-state index in [0.29, 0.717) is 17.4 Å². The average molecular weight is 322 g/mol. The van der Waals surface area contributed by atoms with Crippen molar-refractivity contribution in [1.82, 2.24) is 10.2 Å². The molecule has 0 aliphatic carbocycles. The van der Waals surface area contributed by atoms with E-state index in [2.05, 4.69) is 15.5 Å². The second-order valence-electron chi connectivity index (χ2n) is 3.19. The number of aromatic nitrogens is 2. The van der Waals surface area contributed by atoms with Gasteiger partial charge in [0.15, 0.2) is 0 Å². The lowest BCUT2D eigenvalue weighted by Gasteiger charge is -2.08. The van der Waals surface area contributed by atoms with Crippen LogP contribution in [0, 0.1) is 0 Å². The minimum Gasteiger partial charge on any atom is -0.319 e. The van der Waals surface area contributed by atoms with E-state index in [0.717, 1.165) is 11.3 Å². The first kappa shape index (κ1) is 14.2. The van der Waals surface area contributed by atoms with Crippen LogP contribution >= 0.6 is 34.7 Å². The number of alkyl halides is 2. The summed E-state index contributed by atoms with van der Waals surface area (Å²) in [6.45, 7) is 0. The molecule has 0 aliphatic heterocycles. The number of nitrogens with one attached hydrogen (secondary N) is 1. The topological polar surface area (TPSA) is 54.9 Å². The number of carbonyl (C=O) groups excluding carboxylic acids is 1. The molecule has 0 saturated heterocycles. The third-order valence-electron chi connectivity index (χ3n) is 1.95. The second-order valence-corrected chi connectivity index (χ2v) is 5.78. The number of rotatable bonds is 4. The molecule has 1 amide bonds. The Kier molecular flexibility index (Phi) is 4.67. The molecule has 19 heavy (non-hydrogen) atoms. The number of para-hydroxylation sites is 1. The fraction of sp³-hybridized carbons (Fsp3) is 0.100. The molecule has 0 fully saturated rings. The SMILES string of the molecule is O=C(Nc1ccccc1SC(F)F)c1nnc(Cl)s1. The van der Waals surface area contributed by atoms with Crippen LogP contribution < -0.4 is 5.32 Å². The third kappa shape index (κ3) is 3.85. The zero-order chi connectivity index (χ0) is 13.8. The normalized spacial score (nSPS) is 10.7. The summed E-state index contributed by atoms with van der Waals surface area (Å²) in [5.41, 5.74) is 0.295. The third-order valence-corrected chi connectivity index (χ3v) is 3.75. The lowest BCUT2D eigenvalue weighted by atomic mass is 10.3. The molecule has 1 N–H and O–H groups in total. The number of amides is 1. The molecule has 1 aromatic carbocycles. The van der Waals surface area contributed by atoms with Gasteiger partial charge in [0.05, 0.1) is 5.69 Å². The van der Waals surface area contributed by atoms with Gasteiger partial charge in [-0.2, -0.15) is 8.78 Å². The molecule has 0 spiro atoms. The number of halogens is 3. The van der Waals surface area contributed by atoms with Crippen LogP contribution in [0.1, 0.15) is 9.80 Å². The molecule has 1 heterocycles. The lowest BCUT2D eigenvalue weighted by Crippen LogP contribution is -2.12. The van der Waals surface area contributed by atoms with Gasteiger partial charge in [-0.1, -0.05) is 35.2 Å². The van der Waals surface area contributed by atoms with E-state index < -0.39 is 11.7 Å². The summed E-state index contributed by atoms with van der Waals surface area (Å²) in [5.74, 6) is -3.10. The Labute approximate surface area is 120 Å². The van der Waals surface area contributed by atoms with Gasteiger partial charge in [0.2, 0.25) is 9.47 Å². The summed E-state index contributed by atoms with van der Waals surface area (Å²) in [6.07, 6.45) is 0. The van der Waals surface area contributed by atoms with Crippen LogP contribution in [0.25, 0.3) is 0 Å². The van der Waals surface area contributed by atoms with Crippen LogP contribution in [-0.4, -0.2) is 21.9 Å². The molecule has 1 aromatic heterocycles. The number of benzene rings is 1. The highest BCUT2D eigenvalue weighted by Crippen LogP contribution is 2.32. The van der Waals surface area contributed by atoms with Gasteiger partial charge in [-0.05, 0) is 23.7 Å². The number of anilines is 1. The summed E-state index contributed by atoms with van der Waals surface area (Å²) >= 11 is 6.84. The Morgan fingerprint density at radius 1 is 1.37 bits per heavy atom. The average Bonchev–Trinajstić information content (AvgIpc) is 2.78. The number of hydrogen-bond acceptors (Lipinski definition) is 5. The van der Waals surface area contributed by atoms with Crippen molar-refractivity contribution >= 4 is 46.3 Å². The van der Waals surface area contributed by atoms with Crippen molar-refractivity contribution in [2.45, 2.75) is 10.7 Å². The predicted molar refractivity (Wildman–Crippen MR) is 71.2 cm³/mol. The van der Waals surface area contributed by atoms with Crippen molar-refractivity contribution in [3.05, 3.63) is 33.7 Å². The van der Waals surface area contributed by atoms with Crippen LogP contribution in [0.4, 0.5) is 14.5 Å². The summed E-state index contributed by atoms with van der Waals surface area (Å²) in [6, 6.07) is 6.28. The Balaban J connectivity index is 2.16. The standard InChI is InChI=1S/C10H6ClF2N3OS2/c11-9-16-15-8(19-9)7(17)14-5-3-1-2-4-6(5)18-10(12)13/h1-4,10H,(H,14,17). The smallest absolute Gasteiger partial charge is 0.288 e. The molecular formula is C10H6ClF2N3OS2. The van der Waals surface area contributed by atoms with Crippen molar-refractivity contribution in [1.29, 1.82) is 0 Å². The first-order valence-electron chi connectivity index (χ1n) is 4.90. The largest absolute Gasteiger partial charge is 0.319 e. The Morgan fingerprint density at radius 2 is 2.11 bits per heavy atom. The summed E-state index contributed by atoms with van der Waals surface area (Å²) in [5, 5.41) is 9.64. The monoisotopic (exact) mass is 321 g/mol. The maximum Gasteiger partial charge on any atom is 0.288 e. The van der Waals surface area contributed by atoms with Crippen molar-refractivity contribution < 1.29 is 13.6 Å². The van der Waals surface area contributed by atoms with Gasteiger partial charge in [-0.25, -0.2) is 0 Å². The maximum atomic E-state index is 12.4. The van der Waals surface area contributed by atoms with Gasteiger partial charge in [0.1, 0.15) is 0 Å². The minimum absolute atomic E-state index is 0.0712. The molecule has 2 aromatic rings. The molecular weight excluding hydrogens is 316 g/mol. The van der Waals surface area contributed by atoms with Crippen molar-refractivity contribution in [3.63, 3.8) is 0 Å². The fourth-order valence-electron chi connectivity index (χ4n) is 1.24. The summed E-state index contributed by atoms with van der Waals surface area (Å²) in [4.78, 5) is 12.1. The van der Waals surface area contributed by atoms with Crippen molar-refractivity contribution in [2.24, 2.45) is 0 Å². The van der Waals surface area contributed by atoms with E-state index in [-0.39, 0.29) is 14.4 Å². The molecule has 100 valence electrons. The number of nitrogens with zero attached hydrogens (tertiary/aromatic N) is 2. The van der Waals surface area contributed by atoms with Gasteiger partial charge in [-0.3, -0.25) is 4.79 Å². The zero-order valence-electron chi connectivity index (χ0n) is 9.14. The predicted octanol–water partition coefficient (Wildman–Crippen LogP) is 3.76.